The van der Waals surface area contributed by atoms with E-state index in [1.54, 1.807) is 0 Å². The Morgan fingerprint density at radius 2 is 1.79 bits per heavy atom. The largest absolute Gasteiger partial charge is 0.457 e. The maximum Gasteiger partial charge on any atom is 0.159 e. The van der Waals surface area contributed by atoms with Crippen molar-refractivity contribution < 1.29 is 9.52 Å². The molecule has 0 saturated heterocycles. The van der Waals surface area contributed by atoms with E-state index in [9.17, 15) is 5.11 Å². The molecule has 0 aliphatic carbocycles. The molecule has 1 aromatic carbocycles. The maximum absolute atomic E-state index is 10.1. The third-order valence-corrected chi connectivity index (χ3v) is 5.43. The number of furan rings is 1. The Kier molecular flexibility index (Phi) is 4.77. The molecule has 4 aromatic rings. The molecule has 4 rings (SSSR count). The van der Waals surface area contributed by atoms with E-state index in [-0.39, 0.29) is 0 Å². The number of aromatic nitrogens is 3. The number of pyridine rings is 1. The van der Waals surface area contributed by atoms with E-state index in [1.165, 1.54) is 0 Å². The second-order valence-electron chi connectivity index (χ2n) is 7.26. The zero-order valence-corrected chi connectivity index (χ0v) is 16.7. The van der Waals surface area contributed by atoms with Crippen molar-refractivity contribution in [3.05, 3.63) is 70.6 Å². The zero-order chi connectivity index (χ0) is 19.8. The standard InChI is InChI=1S/C23H25N3O2/c1-5-18(27)19-11-12-20(28-19)22-21-15(3)14(2)16(4)24-23(21)26(25-22)13-17-9-7-6-8-10-17/h6-12,18,27H,5,13H2,1-4H3. The minimum atomic E-state index is -0.602. The van der Waals surface area contributed by atoms with Crippen molar-refractivity contribution in [2.24, 2.45) is 0 Å². The van der Waals surface area contributed by atoms with Crippen LogP contribution < -0.4 is 0 Å². The number of nitrogens with zero attached hydrogens (tertiary/aromatic N) is 3. The van der Waals surface area contributed by atoms with Crippen LogP contribution in [0, 0.1) is 20.8 Å². The number of aryl methyl sites for hydroxylation is 2. The van der Waals surface area contributed by atoms with Crippen molar-refractivity contribution in [2.45, 2.75) is 46.8 Å². The first-order valence-electron chi connectivity index (χ1n) is 9.66. The van der Waals surface area contributed by atoms with Gasteiger partial charge in [-0.25, -0.2) is 9.67 Å². The molecule has 28 heavy (non-hydrogen) atoms. The molecule has 0 bridgehead atoms. The molecule has 5 heteroatoms. The molecule has 5 nitrogen and oxygen atoms in total. The number of fused-ring (bicyclic) bond motifs is 1. The molecule has 144 valence electrons. The molecule has 0 spiro atoms. The molecule has 3 heterocycles. The number of rotatable bonds is 5. The second kappa shape index (κ2) is 7.24. The fourth-order valence-electron chi connectivity index (χ4n) is 3.51. The van der Waals surface area contributed by atoms with Crippen LogP contribution in [0.4, 0.5) is 0 Å². The summed E-state index contributed by atoms with van der Waals surface area (Å²) >= 11 is 0. The third-order valence-electron chi connectivity index (χ3n) is 5.43. The topological polar surface area (TPSA) is 64.1 Å². The van der Waals surface area contributed by atoms with Crippen LogP contribution in [0.2, 0.25) is 0 Å². The van der Waals surface area contributed by atoms with Gasteiger partial charge in [-0.2, -0.15) is 5.10 Å². The van der Waals surface area contributed by atoms with Crippen LogP contribution in [0.1, 0.15) is 47.6 Å². The summed E-state index contributed by atoms with van der Waals surface area (Å²) in [4.78, 5) is 4.85. The fourth-order valence-corrected chi connectivity index (χ4v) is 3.51. The number of aliphatic hydroxyl groups is 1. The van der Waals surface area contributed by atoms with Crippen molar-refractivity contribution in [1.82, 2.24) is 14.8 Å². The molecule has 3 aromatic heterocycles. The van der Waals surface area contributed by atoms with E-state index in [2.05, 4.69) is 26.0 Å². The molecule has 1 atom stereocenters. The molecule has 0 saturated carbocycles. The second-order valence-corrected chi connectivity index (χ2v) is 7.26. The first-order chi connectivity index (χ1) is 13.5. The predicted octanol–water partition coefficient (Wildman–Crippen LogP) is 5.11. The molecule has 0 radical (unpaired) electrons. The molecule has 0 aliphatic heterocycles. The first kappa shape index (κ1) is 18.4. The van der Waals surface area contributed by atoms with Crippen molar-refractivity contribution in [3.63, 3.8) is 0 Å². The Morgan fingerprint density at radius 3 is 2.50 bits per heavy atom. The van der Waals surface area contributed by atoms with Gasteiger partial charge in [0.05, 0.1) is 11.9 Å². The third kappa shape index (κ3) is 3.12. The highest BCUT2D eigenvalue weighted by Crippen LogP contribution is 2.34. The van der Waals surface area contributed by atoms with E-state index < -0.39 is 6.10 Å². The summed E-state index contributed by atoms with van der Waals surface area (Å²) in [6, 6.07) is 14.0. The van der Waals surface area contributed by atoms with Crippen molar-refractivity contribution in [2.75, 3.05) is 0 Å². The lowest BCUT2D eigenvalue weighted by atomic mass is 10.0. The van der Waals surface area contributed by atoms with Crippen LogP contribution in [0.15, 0.2) is 46.9 Å². The summed E-state index contributed by atoms with van der Waals surface area (Å²) in [5.74, 6) is 1.23. The van der Waals surface area contributed by atoms with Crippen molar-refractivity contribution >= 4 is 11.0 Å². The molecule has 0 aliphatic rings. The van der Waals surface area contributed by atoms with E-state index in [1.807, 2.05) is 48.9 Å². The Morgan fingerprint density at radius 1 is 1.04 bits per heavy atom. The maximum atomic E-state index is 10.1. The summed E-state index contributed by atoms with van der Waals surface area (Å²) in [6.45, 7) is 8.79. The van der Waals surface area contributed by atoms with E-state index in [4.69, 9.17) is 14.5 Å². The predicted molar refractivity (Wildman–Crippen MR) is 110 cm³/mol. The summed E-state index contributed by atoms with van der Waals surface area (Å²) in [5, 5.41) is 16.0. The smallest absolute Gasteiger partial charge is 0.159 e. The number of benzene rings is 1. The first-order valence-corrected chi connectivity index (χ1v) is 9.66. The van der Waals surface area contributed by atoms with Gasteiger partial charge in [0.1, 0.15) is 17.6 Å². The van der Waals surface area contributed by atoms with Gasteiger partial charge in [0, 0.05) is 5.69 Å². The number of aliphatic hydroxyl groups excluding tert-OH is 1. The molecule has 0 fully saturated rings. The van der Waals surface area contributed by atoms with Crippen molar-refractivity contribution in [1.29, 1.82) is 0 Å². The Hall–Kier alpha value is -2.92. The van der Waals surface area contributed by atoms with Crippen LogP contribution in [0.25, 0.3) is 22.5 Å². The average Bonchev–Trinajstić information content (AvgIpc) is 3.32. The fraction of sp³-hybridized carbons (Fsp3) is 0.304. The quantitative estimate of drug-likeness (QED) is 0.526. The summed E-state index contributed by atoms with van der Waals surface area (Å²) in [6.07, 6.45) is 0.00398. The van der Waals surface area contributed by atoms with Crippen LogP contribution in [0.5, 0.6) is 0 Å². The molecular weight excluding hydrogens is 350 g/mol. The van der Waals surface area contributed by atoms with Gasteiger partial charge in [-0.15, -0.1) is 0 Å². The number of hydrogen-bond acceptors (Lipinski definition) is 4. The monoisotopic (exact) mass is 375 g/mol. The Balaban J connectivity index is 1.91. The van der Waals surface area contributed by atoms with E-state index in [0.29, 0.717) is 24.5 Å². The lowest BCUT2D eigenvalue weighted by Crippen LogP contribution is -2.04. The summed E-state index contributed by atoms with van der Waals surface area (Å²) in [7, 11) is 0. The minimum Gasteiger partial charge on any atom is -0.457 e. The van der Waals surface area contributed by atoms with Gasteiger partial charge in [-0.1, -0.05) is 37.3 Å². The lowest BCUT2D eigenvalue weighted by molar-refractivity contribution is 0.147. The van der Waals surface area contributed by atoms with Crippen molar-refractivity contribution in [3.8, 4) is 11.5 Å². The SMILES string of the molecule is CCC(O)c1ccc(-c2nn(Cc3ccccc3)c3nc(C)c(C)c(C)c23)o1. The highest BCUT2D eigenvalue weighted by molar-refractivity contribution is 5.93. The van der Waals surface area contributed by atoms with Crippen LogP contribution in [-0.4, -0.2) is 19.9 Å². The Labute approximate surface area is 164 Å². The van der Waals surface area contributed by atoms with Gasteiger partial charge in [0.2, 0.25) is 0 Å². The Bertz CT molecular complexity index is 1130. The average molecular weight is 375 g/mol. The van der Waals surface area contributed by atoms with Gasteiger partial charge in [-0.05, 0) is 56.0 Å². The highest BCUT2D eigenvalue weighted by atomic mass is 16.4. The zero-order valence-electron chi connectivity index (χ0n) is 16.7. The molecular formula is C23H25N3O2. The van der Waals surface area contributed by atoms with Crippen LogP contribution in [0.3, 0.4) is 0 Å². The summed E-state index contributed by atoms with van der Waals surface area (Å²) < 4.78 is 7.91. The molecule has 1 N–H and O–H groups in total. The van der Waals surface area contributed by atoms with Crippen LogP contribution in [-0.2, 0) is 6.54 Å². The van der Waals surface area contributed by atoms with Gasteiger partial charge in [0.25, 0.3) is 0 Å². The molecule has 1 unspecified atom stereocenters. The lowest BCUT2D eigenvalue weighted by Gasteiger charge is -2.08. The normalized spacial score (nSPS) is 12.6. The summed E-state index contributed by atoms with van der Waals surface area (Å²) in [5.41, 5.74) is 6.12. The van der Waals surface area contributed by atoms with E-state index >= 15 is 0 Å². The van der Waals surface area contributed by atoms with Gasteiger partial charge in [-0.3, -0.25) is 0 Å². The van der Waals surface area contributed by atoms with E-state index in [0.717, 1.165) is 39.1 Å². The molecule has 0 amide bonds. The highest BCUT2D eigenvalue weighted by Gasteiger charge is 2.21. The number of hydrogen-bond donors (Lipinski definition) is 1. The van der Waals surface area contributed by atoms with Gasteiger partial charge in [0.15, 0.2) is 11.4 Å². The minimum absolute atomic E-state index is 0.567. The van der Waals surface area contributed by atoms with Gasteiger partial charge >= 0.3 is 0 Å². The van der Waals surface area contributed by atoms with Gasteiger partial charge < -0.3 is 9.52 Å². The van der Waals surface area contributed by atoms with Crippen LogP contribution >= 0.6 is 0 Å².